The first-order chi connectivity index (χ1) is 8.36. The molecule has 0 aromatic heterocycles. The van der Waals surface area contributed by atoms with Crippen LogP contribution in [0.5, 0.6) is 0 Å². The molecule has 0 saturated carbocycles. The van der Waals surface area contributed by atoms with Crippen LogP contribution in [0.3, 0.4) is 0 Å². The van der Waals surface area contributed by atoms with E-state index in [1.807, 2.05) is 6.07 Å². The minimum absolute atomic E-state index is 0.104. The van der Waals surface area contributed by atoms with Crippen LogP contribution in [0.4, 0.5) is 0 Å². The van der Waals surface area contributed by atoms with Crippen molar-refractivity contribution in [2.24, 2.45) is 5.73 Å². The maximum absolute atomic E-state index is 6.04. The molecule has 0 saturated heterocycles. The molecule has 0 unspecified atom stereocenters. The van der Waals surface area contributed by atoms with E-state index in [0.29, 0.717) is 6.54 Å². The van der Waals surface area contributed by atoms with Gasteiger partial charge in [0.2, 0.25) is 0 Å². The van der Waals surface area contributed by atoms with Gasteiger partial charge in [-0.15, -0.1) is 0 Å². The van der Waals surface area contributed by atoms with Gasteiger partial charge < -0.3 is 0 Å². The summed E-state index contributed by atoms with van der Waals surface area (Å²) in [5, 5.41) is 0. The van der Waals surface area contributed by atoms with E-state index in [-0.39, 0.29) is 17.0 Å². The van der Waals surface area contributed by atoms with Crippen LogP contribution < -0.4 is 9.77 Å². The van der Waals surface area contributed by atoms with Gasteiger partial charge in [-0.05, 0) is 0 Å². The van der Waals surface area contributed by atoms with Crippen LogP contribution in [0, 0.1) is 0 Å². The Morgan fingerprint density at radius 1 is 1.00 bits per heavy atom. The Kier molecular flexibility index (Phi) is 4.77. The molecule has 0 spiro atoms. The van der Waals surface area contributed by atoms with Gasteiger partial charge in [-0.3, -0.25) is 0 Å². The fraction of sp³-hybridized carbons (Fsp3) is 0.143. The molecule has 17 heavy (non-hydrogen) atoms. The van der Waals surface area contributed by atoms with Crippen LogP contribution >= 0.6 is 9.53 Å². The van der Waals surface area contributed by atoms with Crippen molar-refractivity contribution >= 4 is 13.6 Å². The zero-order chi connectivity index (χ0) is 12.1. The van der Waals surface area contributed by atoms with Gasteiger partial charge in [0.05, 0.1) is 0 Å². The Hall–Kier alpha value is -0.648. The van der Waals surface area contributed by atoms with Crippen LogP contribution in [0.1, 0.15) is 5.56 Å². The molecule has 0 bridgehead atoms. The van der Waals surface area contributed by atoms with Crippen molar-refractivity contribution in [2.75, 3.05) is 6.54 Å². The molecule has 0 aliphatic rings. The third-order valence-electron chi connectivity index (χ3n) is 2.63. The average molecular weight is 338 g/mol. The molecule has 3 heteroatoms. The predicted octanol–water partition coefficient (Wildman–Crippen LogP) is 2.72. The summed E-state index contributed by atoms with van der Waals surface area (Å²) in [4.78, 5) is 0. The minimum atomic E-state index is 0.104. The van der Waals surface area contributed by atoms with Crippen LogP contribution in [0.15, 0.2) is 48.5 Å². The third kappa shape index (κ3) is 2.97. The molecular formula is C14H14ClNPd. The van der Waals surface area contributed by atoms with E-state index in [0.717, 1.165) is 6.42 Å². The predicted molar refractivity (Wildman–Crippen MR) is 70.1 cm³/mol. The van der Waals surface area contributed by atoms with Gasteiger partial charge in [0.15, 0.2) is 0 Å². The van der Waals surface area contributed by atoms with Crippen molar-refractivity contribution in [1.82, 2.24) is 0 Å². The Morgan fingerprint density at radius 2 is 1.76 bits per heavy atom. The SMILES string of the molecule is NCCc1[c]([Pd][Cl])cccc1-c1ccccc1. The molecule has 2 aromatic carbocycles. The van der Waals surface area contributed by atoms with Gasteiger partial charge in [-0.25, -0.2) is 0 Å². The molecular weight excluding hydrogens is 324 g/mol. The second kappa shape index (κ2) is 6.33. The maximum atomic E-state index is 6.04. The zero-order valence-electron chi connectivity index (χ0n) is 9.30. The quantitative estimate of drug-likeness (QED) is 0.853. The number of hydrogen-bond acceptors (Lipinski definition) is 1. The summed E-state index contributed by atoms with van der Waals surface area (Å²) in [5.41, 5.74) is 9.48. The average Bonchev–Trinajstić information content (AvgIpc) is 2.40. The molecule has 0 atom stereocenters. The van der Waals surface area contributed by atoms with Gasteiger partial charge >= 0.3 is 114 Å². The number of halogens is 1. The van der Waals surface area contributed by atoms with E-state index >= 15 is 0 Å². The fourth-order valence-electron chi connectivity index (χ4n) is 1.88. The Bertz CT molecular complexity index is 485. The van der Waals surface area contributed by atoms with E-state index in [4.69, 9.17) is 15.3 Å². The Labute approximate surface area is 114 Å². The standard InChI is InChI=1S/C14H14N.ClH.Pd/c15-11-10-13-8-4-5-9-14(13)12-6-2-1-3-7-12;;/h1-7,9H,10-11,15H2;1H;/q;;+1/p-1. The van der Waals surface area contributed by atoms with Gasteiger partial charge in [-0.2, -0.15) is 0 Å². The molecule has 92 valence electrons. The van der Waals surface area contributed by atoms with E-state index in [9.17, 15) is 0 Å². The van der Waals surface area contributed by atoms with Crippen LogP contribution in [-0.4, -0.2) is 6.54 Å². The summed E-state index contributed by atoms with van der Waals surface area (Å²) < 4.78 is 1.23. The summed E-state index contributed by atoms with van der Waals surface area (Å²) in [6, 6.07) is 16.7. The fourth-order valence-corrected chi connectivity index (χ4v) is 3.37. The Morgan fingerprint density at radius 3 is 2.41 bits per heavy atom. The van der Waals surface area contributed by atoms with Crippen molar-refractivity contribution in [2.45, 2.75) is 6.42 Å². The molecule has 2 N–H and O–H groups in total. The summed E-state index contributed by atoms with van der Waals surface area (Å²) in [5.74, 6) is 0. The molecule has 0 aliphatic carbocycles. The number of hydrogen-bond donors (Lipinski definition) is 1. The first kappa shape index (κ1) is 12.8. The topological polar surface area (TPSA) is 26.0 Å². The third-order valence-corrected chi connectivity index (χ3v) is 4.44. The van der Waals surface area contributed by atoms with Crippen LogP contribution in [0.2, 0.25) is 0 Å². The van der Waals surface area contributed by atoms with Crippen LogP contribution in [0.25, 0.3) is 11.1 Å². The number of nitrogens with two attached hydrogens (primary N) is 1. The second-order valence-corrected chi connectivity index (χ2v) is 5.54. The first-order valence-electron chi connectivity index (χ1n) is 5.44. The van der Waals surface area contributed by atoms with Crippen molar-refractivity contribution in [3.05, 3.63) is 54.1 Å². The monoisotopic (exact) mass is 337 g/mol. The molecule has 0 amide bonds. The molecule has 2 aromatic rings. The molecule has 0 heterocycles. The van der Waals surface area contributed by atoms with Crippen molar-refractivity contribution in [3.8, 4) is 11.1 Å². The number of benzene rings is 2. The van der Waals surface area contributed by atoms with Gasteiger partial charge in [-0.1, -0.05) is 0 Å². The molecule has 0 aliphatic heterocycles. The normalized spacial score (nSPS) is 10.7. The van der Waals surface area contributed by atoms with Gasteiger partial charge in [0, 0.05) is 0 Å². The van der Waals surface area contributed by atoms with E-state index < -0.39 is 0 Å². The van der Waals surface area contributed by atoms with E-state index in [1.54, 1.807) is 0 Å². The van der Waals surface area contributed by atoms with E-state index in [1.165, 1.54) is 20.7 Å². The molecule has 2 rings (SSSR count). The van der Waals surface area contributed by atoms with Crippen molar-refractivity contribution in [3.63, 3.8) is 0 Å². The summed E-state index contributed by atoms with van der Waals surface area (Å²) in [6.45, 7) is 0.655. The molecule has 0 radical (unpaired) electrons. The second-order valence-electron chi connectivity index (χ2n) is 3.70. The molecule has 1 nitrogen and oxygen atoms in total. The van der Waals surface area contributed by atoms with Crippen molar-refractivity contribution < 1.29 is 17.0 Å². The van der Waals surface area contributed by atoms with Gasteiger partial charge in [0.1, 0.15) is 0 Å². The van der Waals surface area contributed by atoms with Crippen molar-refractivity contribution in [1.29, 1.82) is 0 Å². The van der Waals surface area contributed by atoms with E-state index in [2.05, 4.69) is 42.5 Å². The van der Waals surface area contributed by atoms with Gasteiger partial charge in [0.25, 0.3) is 0 Å². The van der Waals surface area contributed by atoms with Crippen LogP contribution in [-0.2, 0) is 23.4 Å². The Balaban J connectivity index is 2.53. The zero-order valence-corrected chi connectivity index (χ0v) is 11.6. The number of rotatable bonds is 4. The summed E-state index contributed by atoms with van der Waals surface area (Å²) >= 11 is 0.104. The first-order valence-corrected chi connectivity index (χ1v) is 8.22. The summed E-state index contributed by atoms with van der Waals surface area (Å²) in [6.07, 6.45) is 0.881. The molecule has 0 fully saturated rings. The summed E-state index contributed by atoms with van der Waals surface area (Å²) in [7, 11) is 6.04.